The summed E-state index contributed by atoms with van der Waals surface area (Å²) >= 11 is 0. The molecule has 0 saturated carbocycles. The van der Waals surface area contributed by atoms with Gasteiger partial charge in [0.05, 0.1) is 17.8 Å². The predicted octanol–water partition coefficient (Wildman–Crippen LogP) is 3.10. The van der Waals surface area contributed by atoms with Crippen molar-refractivity contribution in [2.24, 2.45) is 0 Å². The molecule has 0 unspecified atom stereocenters. The second-order valence-electron chi connectivity index (χ2n) is 4.63. The molecule has 0 spiro atoms. The third kappa shape index (κ3) is 3.98. The lowest BCUT2D eigenvalue weighted by molar-refractivity contribution is 0.414. The van der Waals surface area contributed by atoms with Gasteiger partial charge in [-0.1, -0.05) is 19.1 Å². The predicted molar refractivity (Wildman–Crippen MR) is 84.5 cm³/mol. The van der Waals surface area contributed by atoms with Crippen LogP contribution in [0.25, 0.3) is 0 Å². The van der Waals surface area contributed by atoms with Crippen molar-refractivity contribution in [3.05, 3.63) is 54.1 Å². The number of sulfone groups is 1. The molecule has 1 N–H and O–H groups in total. The van der Waals surface area contributed by atoms with E-state index in [1.165, 1.54) is 0 Å². The zero-order valence-electron chi connectivity index (χ0n) is 12.2. The summed E-state index contributed by atoms with van der Waals surface area (Å²) in [5.74, 6) is 0.943. The Labute approximate surface area is 125 Å². The number of hydrogen-bond donors (Lipinski definition) is 1. The van der Waals surface area contributed by atoms with Crippen LogP contribution in [0.5, 0.6) is 5.75 Å². The highest BCUT2D eigenvalue weighted by atomic mass is 32.2. The molecule has 4 nitrogen and oxygen atoms in total. The van der Waals surface area contributed by atoms with E-state index >= 15 is 0 Å². The van der Waals surface area contributed by atoms with Crippen LogP contribution in [0.4, 0.5) is 5.69 Å². The van der Waals surface area contributed by atoms with Crippen molar-refractivity contribution in [1.82, 2.24) is 0 Å². The zero-order valence-corrected chi connectivity index (χ0v) is 13.0. The van der Waals surface area contributed by atoms with E-state index in [1.807, 2.05) is 24.3 Å². The molecule has 0 bridgehead atoms. The molecule has 0 heterocycles. The molecule has 5 heteroatoms. The second kappa shape index (κ2) is 6.63. The minimum absolute atomic E-state index is 0.117. The van der Waals surface area contributed by atoms with Crippen molar-refractivity contribution in [2.75, 3.05) is 18.2 Å². The summed E-state index contributed by atoms with van der Waals surface area (Å²) < 4.78 is 28.5. The van der Waals surface area contributed by atoms with Crippen LogP contribution in [0.15, 0.2) is 53.4 Å². The molecule has 0 aliphatic carbocycles. The minimum atomic E-state index is -3.13. The first-order valence-electron chi connectivity index (χ1n) is 6.75. The molecule has 0 aliphatic heterocycles. The van der Waals surface area contributed by atoms with Crippen LogP contribution < -0.4 is 10.1 Å². The molecule has 0 radical (unpaired) electrons. The summed E-state index contributed by atoms with van der Waals surface area (Å²) in [6.07, 6.45) is 0. The summed E-state index contributed by atoms with van der Waals surface area (Å²) in [6.45, 7) is 2.31. The lowest BCUT2D eigenvalue weighted by Crippen LogP contribution is -2.04. The minimum Gasteiger partial charge on any atom is -0.497 e. The van der Waals surface area contributed by atoms with Crippen molar-refractivity contribution in [3.63, 3.8) is 0 Å². The number of benzene rings is 2. The maximum atomic E-state index is 11.7. The number of anilines is 1. The summed E-state index contributed by atoms with van der Waals surface area (Å²) in [5.41, 5.74) is 2.02. The molecule has 2 aromatic rings. The summed E-state index contributed by atoms with van der Waals surface area (Å²) in [5, 5.41) is 3.26. The highest BCUT2D eigenvalue weighted by molar-refractivity contribution is 7.91. The molecule has 0 aliphatic rings. The van der Waals surface area contributed by atoms with E-state index in [-0.39, 0.29) is 5.75 Å². The Bertz CT molecular complexity index is 676. The van der Waals surface area contributed by atoms with Gasteiger partial charge in [-0.15, -0.1) is 0 Å². The first kappa shape index (κ1) is 15.4. The van der Waals surface area contributed by atoms with Gasteiger partial charge in [0.15, 0.2) is 9.84 Å². The number of ether oxygens (including phenoxy) is 1. The fraction of sp³-hybridized carbons (Fsp3) is 0.250. The van der Waals surface area contributed by atoms with Crippen molar-refractivity contribution in [2.45, 2.75) is 18.4 Å². The molecule has 2 rings (SSSR count). The zero-order chi connectivity index (χ0) is 15.3. The first-order chi connectivity index (χ1) is 10.0. The summed E-state index contributed by atoms with van der Waals surface area (Å²) in [6, 6.07) is 14.6. The molecule has 0 fully saturated rings. The molecule has 112 valence electrons. The van der Waals surface area contributed by atoms with Crippen LogP contribution in [-0.4, -0.2) is 21.3 Å². The molecular formula is C16H19NO3S. The van der Waals surface area contributed by atoms with Crippen LogP contribution in [0.2, 0.25) is 0 Å². The van der Waals surface area contributed by atoms with Gasteiger partial charge in [-0.2, -0.15) is 0 Å². The maximum absolute atomic E-state index is 11.7. The van der Waals surface area contributed by atoms with Crippen LogP contribution >= 0.6 is 0 Å². The van der Waals surface area contributed by atoms with E-state index in [0.29, 0.717) is 11.4 Å². The Balaban J connectivity index is 2.00. The fourth-order valence-electron chi connectivity index (χ4n) is 1.89. The number of methoxy groups -OCH3 is 1. The van der Waals surface area contributed by atoms with Gasteiger partial charge >= 0.3 is 0 Å². The lowest BCUT2D eigenvalue weighted by atomic mass is 10.2. The van der Waals surface area contributed by atoms with Gasteiger partial charge in [0.1, 0.15) is 5.75 Å². The van der Waals surface area contributed by atoms with E-state index < -0.39 is 9.84 Å². The largest absolute Gasteiger partial charge is 0.497 e. The van der Waals surface area contributed by atoms with E-state index in [4.69, 9.17) is 4.74 Å². The summed E-state index contributed by atoms with van der Waals surface area (Å²) in [4.78, 5) is 0.361. The molecule has 0 aromatic heterocycles. The second-order valence-corrected chi connectivity index (χ2v) is 6.91. The lowest BCUT2D eigenvalue weighted by Gasteiger charge is -2.08. The highest BCUT2D eigenvalue weighted by Gasteiger charge is 2.10. The topological polar surface area (TPSA) is 55.4 Å². The van der Waals surface area contributed by atoms with Gasteiger partial charge in [0.2, 0.25) is 0 Å². The molecule has 21 heavy (non-hydrogen) atoms. The highest BCUT2D eigenvalue weighted by Crippen LogP contribution is 2.17. The quantitative estimate of drug-likeness (QED) is 0.891. The Hall–Kier alpha value is -2.01. The Morgan fingerprint density at radius 1 is 1.00 bits per heavy atom. The standard InChI is InChI=1S/C16H19NO3S/c1-3-21(18,19)16-10-6-14(7-11-16)17-12-13-4-8-15(20-2)9-5-13/h4-11,17H,3,12H2,1-2H3. The van der Waals surface area contributed by atoms with Crippen LogP contribution in [0.1, 0.15) is 12.5 Å². The molecular weight excluding hydrogens is 286 g/mol. The monoisotopic (exact) mass is 305 g/mol. The van der Waals surface area contributed by atoms with E-state index in [2.05, 4.69) is 5.32 Å². The number of nitrogens with one attached hydrogen (secondary N) is 1. The van der Waals surface area contributed by atoms with E-state index in [0.717, 1.165) is 17.0 Å². The van der Waals surface area contributed by atoms with Gasteiger partial charge in [0, 0.05) is 12.2 Å². The molecule has 0 saturated heterocycles. The average Bonchev–Trinajstić information content (AvgIpc) is 2.54. The van der Waals surface area contributed by atoms with Crippen LogP contribution in [-0.2, 0) is 16.4 Å². The fourth-order valence-corrected chi connectivity index (χ4v) is 2.78. The molecule has 0 amide bonds. The summed E-state index contributed by atoms with van der Waals surface area (Å²) in [7, 11) is -1.49. The molecule has 2 aromatic carbocycles. The Kier molecular flexibility index (Phi) is 4.85. The van der Waals surface area contributed by atoms with Crippen LogP contribution in [0, 0.1) is 0 Å². The normalized spacial score (nSPS) is 11.1. The Morgan fingerprint density at radius 3 is 2.14 bits per heavy atom. The van der Waals surface area contributed by atoms with Crippen molar-refractivity contribution >= 4 is 15.5 Å². The van der Waals surface area contributed by atoms with Gasteiger partial charge in [0.25, 0.3) is 0 Å². The average molecular weight is 305 g/mol. The Morgan fingerprint density at radius 2 is 1.62 bits per heavy atom. The van der Waals surface area contributed by atoms with E-state index in [9.17, 15) is 8.42 Å². The smallest absolute Gasteiger partial charge is 0.178 e. The number of hydrogen-bond acceptors (Lipinski definition) is 4. The molecule has 0 atom stereocenters. The SMILES string of the molecule is CCS(=O)(=O)c1ccc(NCc2ccc(OC)cc2)cc1. The first-order valence-corrected chi connectivity index (χ1v) is 8.40. The van der Waals surface area contributed by atoms with Crippen LogP contribution in [0.3, 0.4) is 0 Å². The maximum Gasteiger partial charge on any atom is 0.178 e. The third-order valence-corrected chi connectivity index (χ3v) is 5.00. The van der Waals surface area contributed by atoms with Crippen molar-refractivity contribution < 1.29 is 13.2 Å². The van der Waals surface area contributed by atoms with Crippen molar-refractivity contribution in [1.29, 1.82) is 0 Å². The van der Waals surface area contributed by atoms with Gasteiger partial charge in [-0.3, -0.25) is 0 Å². The van der Waals surface area contributed by atoms with Gasteiger partial charge in [-0.25, -0.2) is 8.42 Å². The van der Waals surface area contributed by atoms with Crippen molar-refractivity contribution in [3.8, 4) is 5.75 Å². The van der Waals surface area contributed by atoms with Gasteiger partial charge < -0.3 is 10.1 Å². The van der Waals surface area contributed by atoms with Gasteiger partial charge in [-0.05, 0) is 42.0 Å². The number of rotatable bonds is 6. The van der Waals surface area contributed by atoms with E-state index in [1.54, 1.807) is 38.3 Å². The third-order valence-electron chi connectivity index (χ3n) is 3.25.